The van der Waals surface area contributed by atoms with Gasteiger partial charge in [0.2, 0.25) is 0 Å². The molecule has 0 unspecified atom stereocenters. The lowest BCUT2D eigenvalue weighted by atomic mass is 10.1. The smallest absolute Gasteiger partial charge is 0.364 e. The summed E-state index contributed by atoms with van der Waals surface area (Å²) >= 11 is 0. The number of benzene rings is 1. The van der Waals surface area contributed by atoms with E-state index in [-0.39, 0.29) is 22.6 Å². The fourth-order valence-electron chi connectivity index (χ4n) is 1.68. The Balaban J connectivity index is 3.00. The fraction of sp³-hybridized carbons (Fsp3) is 0.333. The summed E-state index contributed by atoms with van der Waals surface area (Å²) < 4.78 is 5.96. The second-order valence-corrected chi connectivity index (χ2v) is 4.29. The first-order valence-electron chi connectivity index (χ1n) is 5.31. The number of phenols is 1. The van der Waals surface area contributed by atoms with E-state index in [2.05, 4.69) is 0 Å². The van der Waals surface area contributed by atoms with E-state index in [4.69, 9.17) is 4.52 Å². The quantitative estimate of drug-likeness (QED) is 0.813. The molecule has 0 amide bonds. The molecule has 1 aromatic carbocycles. The van der Waals surface area contributed by atoms with Crippen LogP contribution in [0, 0.1) is 6.92 Å². The van der Waals surface area contributed by atoms with Crippen molar-refractivity contribution in [2.45, 2.75) is 26.8 Å². The van der Waals surface area contributed by atoms with Crippen LogP contribution in [0.25, 0.3) is 10.8 Å². The molecule has 0 bridgehead atoms. The van der Waals surface area contributed by atoms with E-state index in [1.54, 1.807) is 20.8 Å². The number of phenolic OH excluding ortho intramolecular Hbond substituents is 1. The zero-order valence-electron chi connectivity index (χ0n) is 9.85. The summed E-state index contributed by atoms with van der Waals surface area (Å²) in [6.45, 7) is 5.14. The van der Waals surface area contributed by atoms with Gasteiger partial charge in [0.05, 0.1) is 16.8 Å². The molecule has 0 saturated heterocycles. The highest BCUT2D eigenvalue weighted by molar-refractivity contribution is 5.82. The van der Waals surface area contributed by atoms with Gasteiger partial charge >= 0.3 is 5.63 Å². The SMILES string of the molecule is Cc1cc2c(=O)on(C(C)C)c(=O)c2cc1O. The van der Waals surface area contributed by atoms with Crippen LogP contribution in [0.3, 0.4) is 0 Å². The predicted molar refractivity (Wildman–Crippen MR) is 63.5 cm³/mol. The standard InChI is InChI=1S/C12H13NO4/c1-6(2)13-11(15)8-5-10(14)7(3)4-9(8)12(16)17-13/h4-6,14H,1-3H3. The first-order chi connectivity index (χ1) is 7.91. The van der Waals surface area contributed by atoms with Crippen molar-refractivity contribution in [3.8, 4) is 5.75 Å². The van der Waals surface area contributed by atoms with Crippen LogP contribution in [0.5, 0.6) is 5.75 Å². The zero-order valence-corrected chi connectivity index (χ0v) is 9.85. The third kappa shape index (κ3) is 1.73. The van der Waals surface area contributed by atoms with Gasteiger partial charge in [-0.2, -0.15) is 4.74 Å². The molecular formula is C12H13NO4. The minimum absolute atomic E-state index is 0.00416. The van der Waals surface area contributed by atoms with Crippen molar-refractivity contribution >= 4 is 10.8 Å². The Bertz CT molecular complexity index is 694. The number of rotatable bonds is 1. The molecule has 5 heteroatoms. The highest BCUT2D eigenvalue weighted by atomic mass is 16.5. The Morgan fingerprint density at radius 1 is 1.24 bits per heavy atom. The maximum absolute atomic E-state index is 12.0. The molecule has 17 heavy (non-hydrogen) atoms. The van der Waals surface area contributed by atoms with Gasteiger partial charge in [0.15, 0.2) is 0 Å². The molecule has 1 N–H and O–H groups in total. The molecule has 0 atom stereocenters. The van der Waals surface area contributed by atoms with E-state index < -0.39 is 11.2 Å². The number of aromatic hydroxyl groups is 1. The van der Waals surface area contributed by atoms with Gasteiger partial charge < -0.3 is 9.63 Å². The topological polar surface area (TPSA) is 72.4 Å². The molecule has 0 spiro atoms. The molecule has 0 aliphatic heterocycles. The number of nitrogens with zero attached hydrogens (tertiary/aromatic N) is 1. The van der Waals surface area contributed by atoms with Crippen molar-refractivity contribution < 1.29 is 9.63 Å². The number of hydrogen-bond acceptors (Lipinski definition) is 4. The Morgan fingerprint density at radius 2 is 1.88 bits per heavy atom. The Labute approximate surface area is 96.9 Å². The number of hydrogen-bond donors (Lipinski definition) is 1. The molecule has 5 nitrogen and oxygen atoms in total. The maximum atomic E-state index is 12.0. The van der Waals surface area contributed by atoms with Gasteiger partial charge in [0, 0.05) is 0 Å². The van der Waals surface area contributed by atoms with Crippen molar-refractivity contribution in [3.05, 3.63) is 38.5 Å². The highest BCUT2D eigenvalue weighted by Gasteiger charge is 2.13. The van der Waals surface area contributed by atoms with Crippen molar-refractivity contribution in [1.82, 2.24) is 4.74 Å². The molecule has 1 aromatic heterocycles. The summed E-state index contributed by atoms with van der Waals surface area (Å²) in [5, 5.41) is 9.96. The minimum Gasteiger partial charge on any atom is -0.508 e. The Kier molecular flexibility index (Phi) is 2.53. The van der Waals surface area contributed by atoms with E-state index in [0.717, 1.165) is 4.74 Å². The number of aryl methyl sites for hydroxylation is 1. The van der Waals surface area contributed by atoms with Crippen molar-refractivity contribution in [3.63, 3.8) is 0 Å². The monoisotopic (exact) mass is 235 g/mol. The van der Waals surface area contributed by atoms with Gasteiger partial charge in [-0.15, -0.1) is 0 Å². The van der Waals surface area contributed by atoms with Crippen LogP contribution >= 0.6 is 0 Å². The molecule has 0 saturated carbocycles. The third-order valence-corrected chi connectivity index (χ3v) is 2.64. The second kappa shape index (κ2) is 3.76. The van der Waals surface area contributed by atoms with Crippen molar-refractivity contribution in [2.24, 2.45) is 0 Å². The lowest BCUT2D eigenvalue weighted by Crippen LogP contribution is -2.26. The summed E-state index contributed by atoms with van der Waals surface area (Å²) in [6, 6.07) is 2.52. The summed E-state index contributed by atoms with van der Waals surface area (Å²) in [4.78, 5) is 23.7. The van der Waals surface area contributed by atoms with E-state index >= 15 is 0 Å². The highest BCUT2D eigenvalue weighted by Crippen LogP contribution is 2.20. The lowest BCUT2D eigenvalue weighted by molar-refractivity contribution is 0.201. The fourth-order valence-corrected chi connectivity index (χ4v) is 1.68. The molecular weight excluding hydrogens is 222 g/mol. The third-order valence-electron chi connectivity index (χ3n) is 2.64. The molecule has 90 valence electrons. The molecule has 0 aliphatic carbocycles. The first kappa shape index (κ1) is 11.4. The van der Waals surface area contributed by atoms with E-state index in [1.807, 2.05) is 0 Å². The van der Waals surface area contributed by atoms with Gasteiger partial charge in [-0.25, -0.2) is 4.79 Å². The Hall–Kier alpha value is -2.04. The summed E-state index contributed by atoms with van der Waals surface area (Å²) in [7, 11) is 0. The zero-order chi connectivity index (χ0) is 12.7. The van der Waals surface area contributed by atoms with E-state index in [0.29, 0.717) is 5.56 Å². The van der Waals surface area contributed by atoms with Crippen LogP contribution in [0.15, 0.2) is 26.2 Å². The van der Waals surface area contributed by atoms with Crippen LogP contribution in [0.1, 0.15) is 25.5 Å². The summed E-state index contributed by atoms with van der Waals surface area (Å²) in [5.41, 5.74) is -0.451. The van der Waals surface area contributed by atoms with Crippen LogP contribution in [-0.4, -0.2) is 9.85 Å². The minimum atomic E-state index is -0.573. The van der Waals surface area contributed by atoms with Crippen LogP contribution in [0.2, 0.25) is 0 Å². The second-order valence-electron chi connectivity index (χ2n) is 4.29. The van der Waals surface area contributed by atoms with Crippen molar-refractivity contribution in [1.29, 1.82) is 0 Å². The average Bonchev–Trinajstić information content (AvgIpc) is 2.25. The van der Waals surface area contributed by atoms with Crippen LogP contribution in [0.4, 0.5) is 0 Å². The average molecular weight is 235 g/mol. The van der Waals surface area contributed by atoms with Gasteiger partial charge in [-0.05, 0) is 38.5 Å². The normalized spacial score (nSPS) is 11.3. The van der Waals surface area contributed by atoms with E-state index in [1.165, 1.54) is 12.1 Å². The largest absolute Gasteiger partial charge is 0.508 e. The summed E-state index contributed by atoms with van der Waals surface area (Å²) in [5.74, 6) is -0.00416. The van der Waals surface area contributed by atoms with E-state index in [9.17, 15) is 14.7 Å². The molecule has 0 radical (unpaired) electrons. The molecule has 1 heterocycles. The maximum Gasteiger partial charge on any atom is 0.364 e. The van der Waals surface area contributed by atoms with Gasteiger partial charge in [0.1, 0.15) is 5.75 Å². The Morgan fingerprint density at radius 3 is 2.47 bits per heavy atom. The predicted octanol–water partition coefficient (Wildman–Crippen LogP) is 1.55. The molecule has 0 fully saturated rings. The van der Waals surface area contributed by atoms with Crippen LogP contribution < -0.4 is 11.2 Å². The van der Waals surface area contributed by atoms with Gasteiger partial charge in [-0.3, -0.25) is 4.79 Å². The van der Waals surface area contributed by atoms with Gasteiger partial charge in [-0.1, -0.05) is 0 Å². The van der Waals surface area contributed by atoms with Crippen molar-refractivity contribution in [2.75, 3.05) is 0 Å². The molecule has 0 aliphatic rings. The van der Waals surface area contributed by atoms with Gasteiger partial charge in [0.25, 0.3) is 5.56 Å². The lowest BCUT2D eigenvalue weighted by Gasteiger charge is -2.08. The van der Waals surface area contributed by atoms with Crippen LogP contribution in [-0.2, 0) is 0 Å². The summed E-state index contributed by atoms with van der Waals surface area (Å²) in [6.07, 6.45) is 0. The first-order valence-corrected chi connectivity index (χ1v) is 5.31. The number of fused-ring (bicyclic) bond motifs is 1. The molecule has 2 rings (SSSR count). The number of aromatic nitrogens is 1. The molecule has 2 aromatic rings.